The SMILES string of the molecule is CC(C)(Cc1cc2[nH]cc(CCNS(=O)(=O)C3CC3)c2cc1F)Cc1ncccc1C#N. The molecule has 4 rings (SSSR count). The van der Waals surface area contributed by atoms with Crippen molar-refractivity contribution < 1.29 is 12.8 Å². The summed E-state index contributed by atoms with van der Waals surface area (Å²) in [4.78, 5) is 7.53. The summed E-state index contributed by atoms with van der Waals surface area (Å²) in [5.74, 6) is -0.286. The van der Waals surface area contributed by atoms with Gasteiger partial charge in [0.25, 0.3) is 0 Å². The Bertz CT molecular complexity index is 1290. The number of fused-ring (bicyclic) bond motifs is 1. The highest BCUT2D eigenvalue weighted by Gasteiger charge is 2.35. The summed E-state index contributed by atoms with van der Waals surface area (Å²) < 4.78 is 41.6. The Hall–Kier alpha value is -2.76. The van der Waals surface area contributed by atoms with Gasteiger partial charge in [0.2, 0.25) is 10.0 Å². The molecule has 0 aliphatic heterocycles. The molecule has 0 saturated heterocycles. The summed E-state index contributed by atoms with van der Waals surface area (Å²) in [6, 6.07) is 9.01. The topological polar surface area (TPSA) is 98.6 Å². The smallest absolute Gasteiger partial charge is 0.214 e. The number of hydrogen-bond donors (Lipinski definition) is 2. The van der Waals surface area contributed by atoms with Gasteiger partial charge in [0.05, 0.1) is 16.5 Å². The van der Waals surface area contributed by atoms with E-state index in [4.69, 9.17) is 0 Å². The highest BCUT2D eigenvalue weighted by atomic mass is 32.2. The molecule has 1 aliphatic rings. The van der Waals surface area contributed by atoms with Crippen LogP contribution in [-0.4, -0.2) is 30.2 Å². The van der Waals surface area contributed by atoms with Crippen molar-refractivity contribution in [2.24, 2.45) is 5.41 Å². The van der Waals surface area contributed by atoms with Gasteiger partial charge in [0.15, 0.2) is 0 Å². The summed E-state index contributed by atoms with van der Waals surface area (Å²) in [5.41, 5.74) is 3.27. The number of aromatic amines is 1. The van der Waals surface area contributed by atoms with E-state index >= 15 is 4.39 Å². The Morgan fingerprint density at radius 1 is 1.28 bits per heavy atom. The van der Waals surface area contributed by atoms with E-state index in [0.717, 1.165) is 35.0 Å². The second kappa shape index (κ2) is 8.64. The summed E-state index contributed by atoms with van der Waals surface area (Å²) in [6.07, 6.45) is 6.49. The minimum atomic E-state index is -3.22. The van der Waals surface area contributed by atoms with Crippen molar-refractivity contribution in [1.29, 1.82) is 5.26 Å². The first-order valence-corrected chi connectivity index (χ1v) is 12.3. The van der Waals surface area contributed by atoms with E-state index in [2.05, 4.69) is 20.8 Å². The van der Waals surface area contributed by atoms with E-state index < -0.39 is 10.0 Å². The third kappa shape index (κ3) is 5.00. The van der Waals surface area contributed by atoms with Gasteiger partial charge in [0, 0.05) is 29.8 Å². The summed E-state index contributed by atoms with van der Waals surface area (Å²) in [7, 11) is -3.22. The predicted octanol–water partition coefficient (Wildman–Crippen LogP) is 4.01. The Balaban J connectivity index is 1.48. The highest BCUT2D eigenvalue weighted by Crippen LogP contribution is 2.31. The van der Waals surface area contributed by atoms with Crippen LogP contribution in [0.1, 0.15) is 49.1 Å². The molecule has 1 aliphatic carbocycles. The molecule has 8 heteroatoms. The standard InChI is InChI=1S/C24H27FN4O2S/c1-24(2,13-23-16(14-26)4-3-8-27-23)12-18-10-22-20(11-21(18)25)17(15-28-22)7-9-29-32(30,31)19-5-6-19/h3-4,8,10-11,15,19,28-29H,5-7,9,12-13H2,1-2H3. The van der Waals surface area contributed by atoms with Crippen molar-refractivity contribution >= 4 is 20.9 Å². The normalized spacial score (nSPS) is 14.6. The molecule has 2 aromatic heterocycles. The second-order valence-corrected chi connectivity index (χ2v) is 11.4. The third-order valence-corrected chi connectivity index (χ3v) is 7.88. The molecule has 0 atom stereocenters. The molecule has 1 aromatic carbocycles. The Labute approximate surface area is 187 Å². The van der Waals surface area contributed by atoms with Gasteiger partial charge in [-0.2, -0.15) is 5.26 Å². The van der Waals surface area contributed by atoms with Crippen LogP contribution < -0.4 is 4.72 Å². The molecule has 0 amide bonds. The molecule has 1 saturated carbocycles. The summed E-state index contributed by atoms with van der Waals surface area (Å²) in [6.45, 7) is 4.38. The maximum Gasteiger partial charge on any atom is 0.214 e. The lowest BCUT2D eigenvalue weighted by atomic mass is 9.80. The Kier molecular flexibility index (Phi) is 6.06. The number of rotatable bonds is 9. The van der Waals surface area contributed by atoms with Crippen LogP contribution >= 0.6 is 0 Å². The molecule has 6 nitrogen and oxygen atoms in total. The fourth-order valence-corrected chi connectivity index (χ4v) is 5.50. The lowest BCUT2D eigenvalue weighted by molar-refractivity contribution is 0.351. The lowest BCUT2D eigenvalue weighted by Crippen LogP contribution is -2.29. The van der Waals surface area contributed by atoms with Crippen molar-refractivity contribution in [2.45, 2.75) is 51.2 Å². The minimum absolute atomic E-state index is 0.246. The molecule has 3 aromatic rings. The number of benzene rings is 1. The zero-order valence-corrected chi connectivity index (χ0v) is 19.1. The molecular weight excluding hydrogens is 427 g/mol. The quantitative estimate of drug-likeness (QED) is 0.510. The molecule has 32 heavy (non-hydrogen) atoms. The van der Waals surface area contributed by atoms with Gasteiger partial charge in [-0.15, -0.1) is 0 Å². The van der Waals surface area contributed by atoms with Gasteiger partial charge in [-0.3, -0.25) is 4.98 Å². The van der Waals surface area contributed by atoms with Crippen LogP contribution in [0.15, 0.2) is 36.7 Å². The van der Waals surface area contributed by atoms with Crippen molar-refractivity contribution in [3.8, 4) is 6.07 Å². The van der Waals surface area contributed by atoms with E-state index in [-0.39, 0.29) is 16.5 Å². The van der Waals surface area contributed by atoms with Gasteiger partial charge < -0.3 is 4.98 Å². The van der Waals surface area contributed by atoms with Crippen LogP contribution in [0, 0.1) is 22.6 Å². The van der Waals surface area contributed by atoms with Crippen LogP contribution in [0.2, 0.25) is 0 Å². The van der Waals surface area contributed by atoms with Crippen molar-refractivity contribution in [3.63, 3.8) is 0 Å². The molecule has 0 bridgehead atoms. The maximum absolute atomic E-state index is 15.0. The maximum atomic E-state index is 15.0. The average molecular weight is 455 g/mol. The second-order valence-electron chi connectivity index (χ2n) is 9.32. The lowest BCUT2D eigenvalue weighted by Gasteiger charge is -2.25. The number of halogens is 1. The van der Waals surface area contributed by atoms with E-state index in [9.17, 15) is 13.7 Å². The van der Waals surface area contributed by atoms with Crippen LogP contribution in [0.3, 0.4) is 0 Å². The van der Waals surface area contributed by atoms with Gasteiger partial charge in [0.1, 0.15) is 11.9 Å². The van der Waals surface area contributed by atoms with Gasteiger partial charge in [-0.1, -0.05) is 13.8 Å². The number of sulfonamides is 1. The van der Waals surface area contributed by atoms with Crippen molar-refractivity contribution in [3.05, 3.63) is 64.9 Å². The first-order chi connectivity index (χ1) is 15.2. The number of nitrogens with one attached hydrogen (secondary N) is 2. The number of H-pyrrole nitrogens is 1. The van der Waals surface area contributed by atoms with E-state index in [1.807, 2.05) is 26.1 Å². The number of nitrogens with zero attached hydrogens (tertiary/aromatic N) is 2. The average Bonchev–Trinajstić information content (AvgIpc) is 3.53. The fraction of sp³-hybridized carbons (Fsp3) is 0.417. The van der Waals surface area contributed by atoms with E-state index in [1.54, 1.807) is 18.3 Å². The zero-order valence-electron chi connectivity index (χ0n) is 18.3. The molecule has 0 radical (unpaired) electrons. The van der Waals surface area contributed by atoms with Gasteiger partial charge >= 0.3 is 0 Å². The Morgan fingerprint density at radius 2 is 2.06 bits per heavy atom. The highest BCUT2D eigenvalue weighted by molar-refractivity contribution is 7.90. The molecule has 168 valence electrons. The number of hydrogen-bond acceptors (Lipinski definition) is 4. The first-order valence-electron chi connectivity index (χ1n) is 10.8. The molecule has 2 N–H and O–H groups in total. The number of pyridine rings is 1. The Morgan fingerprint density at radius 3 is 2.78 bits per heavy atom. The van der Waals surface area contributed by atoms with Gasteiger partial charge in [-0.25, -0.2) is 17.5 Å². The minimum Gasteiger partial charge on any atom is -0.361 e. The van der Waals surface area contributed by atoms with Crippen LogP contribution in [0.4, 0.5) is 4.39 Å². The molecular formula is C24H27FN4O2S. The largest absolute Gasteiger partial charge is 0.361 e. The monoisotopic (exact) mass is 454 g/mol. The number of nitriles is 1. The predicted molar refractivity (Wildman–Crippen MR) is 122 cm³/mol. The van der Waals surface area contributed by atoms with Crippen LogP contribution in [0.25, 0.3) is 10.9 Å². The van der Waals surface area contributed by atoms with Gasteiger partial charge in [-0.05, 0) is 72.9 Å². The van der Waals surface area contributed by atoms with E-state index in [1.165, 1.54) is 6.07 Å². The van der Waals surface area contributed by atoms with E-state index in [0.29, 0.717) is 36.9 Å². The first kappa shape index (κ1) is 22.4. The van der Waals surface area contributed by atoms with Crippen LogP contribution in [0.5, 0.6) is 0 Å². The van der Waals surface area contributed by atoms with Crippen LogP contribution in [-0.2, 0) is 29.3 Å². The van der Waals surface area contributed by atoms with Crippen molar-refractivity contribution in [1.82, 2.24) is 14.7 Å². The summed E-state index contributed by atoms with van der Waals surface area (Å²) in [5, 5.41) is 9.84. The molecule has 1 fully saturated rings. The third-order valence-electron chi connectivity index (χ3n) is 5.92. The fourth-order valence-electron chi connectivity index (χ4n) is 4.12. The van der Waals surface area contributed by atoms with Crippen molar-refractivity contribution in [2.75, 3.05) is 6.54 Å². The summed E-state index contributed by atoms with van der Waals surface area (Å²) >= 11 is 0. The molecule has 2 heterocycles. The molecule has 0 unspecified atom stereocenters. The molecule has 0 spiro atoms. The number of aromatic nitrogens is 2. The zero-order chi connectivity index (χ0) is 22.9.